The van der Waals surface area contributed by atoms with Crippen LogP contribution in [0.2, 0.25) is 0 Å². The molecule has 1 aliphatic heterocycles. The Bertz CT molecular complexity index is 1280. The Hall–Kier alpha value is -4.26. The lowest BCUT2D eigenvalue weighted by Gasteiger charge is -2.26. The molecule has 0 saturated heterocycles. The van der Waals surface area contributed by atoms with E-state index in [-0.39, 0.29) is 17.3 Å². The fourth-order valence-electron chi connectivity index (χ4n) is 3.95. The molecule has 2 N–H and O–H groups in total. The van der Waals surface area contributed by atoms with Crippen LogP contribution in [0.15, 0.2) is 78.9 Å². The number of carbonyl (C=O) groups excluding carboxylic acids is 1. The van der Waals surface area contributed by atoms with Crippen LogP contribution in [0, 0.1) is 5.82 Å². The minimum atomic E-state index is -1.05. The molecule has 1 aliphatic rings. The van der Waals surface area contributed by atoms with Crippen molar-refractivity contribution >= 4 is 17.6 Å². The predicted molar refractivity (Wildman–Crippen MR) is 112 cm³/mol. The molecular formula is C24H16FN3O3. The van der Waals surface area contributed by atoms with Gasteiger partial charge in [-0.3, -0.25) is 14.8 Å². The zero-order valence-corrected chi connectivity index (χ0v) is 16.1. The van der Waals surface area contributed by atoms with Crippen LogP contribution < -0.4 is 4.90 Å². The van der Waals surface area contributed by atoms with E-state index in [1.807, 2.05) is 30.3 Å². The van der Waals surface area contributed by atoms with Gasteiger partial charge in [-0.1, -0.05) is 42.5 Å². The monoisotopic (exact) mass is 413 g/mol. The van der Waals surface area contributed by atoms with E-state index in [0.717, 1.165) is 11.1 Å². The molecule has 0 spiro atoms. The summed E-state index contributed by atoms with van der Waals surface area (Å²) in [6, 6.07) is 21.0. The van der Waals surface area contributed by atoms with Crippen molar-refractivity contribution in [3.8, 4) is 11.3 Å². The molecule has 0 aliphatic carbocycles. The van der Waals surface area contributed by atoms with Gasteiger partial charge in [0.2, 0.25) is 0 Å². The standard InChI is InChI=1S/C24H16FN3O3/c25-17-10-6-15(7-11-17)22-19-20(14-4-2-1-3-5-14)26-27-21(19)23(29)28(22)18-12-8-16(9-13-18)24(30)31/h1-13,22H,(H,26,27)(H,30,31)/t22-/m1/s1. The number of rotatable bonds is 4. The Balaban J connectivity index is 1.69. The number of nitrogens with one attached hydrogen (secondary N) is 1. The first-order valence-electron chi connectivity index (χ1n) is 9.60. The van der Waals surface area contributed by atoms with Gasteiger partial charge in [0.05, 0.1) is 17.3 Å². The smallest absolute Gasteiger partial charge is 0.335 e. The van der Waals surface area contributed by atoms with Crippen molar-refractivity contribution in [2.24, 2.45) is 0 Å². The molecule has 0 unspecified atom stereocenters. The summed E-state index contributed by atoms with van der Waals surface area (Å²) >= 11 is 0. The van der Waals surface area contributed by atoms with Crippen molar-refractivity contribution in [1.29, 1.82) is 0 Å². The van der Waals surface area contributed by atoms with Crippen LogP contribution in [-0.2, 0) is 0 Å². The lowest BCUT2D eigenvalue weighted by atomic mass is 9.96. The summed E-state index contributed by atoms with van der Waals surface area (Å²) in [5, 5.41) is 16.4. The molecule has 1 amide bonds. The van der Waals surface area contributed by atoms with Crippen LogP contribution in [0.3, 0.4) is 0 Å². The second-order valence-electron chi connectivity index (χ2n) is 7.21. The summed E-state index contributed by atoms with van der Waals surface area (Å²) < 4.78 is 13.6. The van der Waals surface area contributed by atoms with Gasteiger partial charge in [0.15, 0.2) is 0 Å². The number of amides is 1. The molecule has 5 rings (SSSR count). The lowest BCUT2D eigenvalue weighted by Crippen LogP contribution is -2.29. The number of aromatic carboxylic acids is 1. The van der Waals surface area contributed by atoms with Gasteiger partial charge in [0.25, 0.3) is 5.91 Å². The molecule has 1 aromatic heterocycles. The van der Waals surface area contributed by atoms with Crippen LogP contribution in [0.25, 0.3) is 11.3 Å². The average Bonchev–Trinajstić information content (AvgIpc) is 3.34. The van der Waals surface area contributed by atoms with Crippen LogP contribution in [-0.4, -0.2) is 27.2 Å². The number of carboxylic acid groups (broad SMARTS) is 1. The fraction of sp³-hybridized carbons (Fsp3) is 0.0417. The molecule has 3 aromatic carbocycles. The third-order valence-corrected chi connectivity index (χ3v) is 5.39. The number of fused-ring (bicyclic) bond motifs is 1. The van der Waals surface area contributed by atoms with E-state index in [0.29, 0.717) is 22.6 Å². The van der Waals surface area contributed by atoms with Crippen LogP contribution >= 0.6 is 0 Å². The van der Waals surface area contributed by atoms with E-state index < -0.39 is 12.0 Å². The molecule has 6 nitrogen and oxygen atoms in total. The molecule has 0 fully saturated rings. The first-order valence-corrected chi connectivity index (χ1v) is 9.60. The summed E-state index contributed by atoms with van der Waals surface area (Å²) in [7, 11) is 0. The minimum Gasteiger partial charge on any atom is -0.478 e. The number of anilines is 1. The number of H-pyrrole nitrogens is 1. The number of hydrogen-bond acceptors (Lipinski definition) is 3. The van der Waals surface area contributed by atoms with Gasteiger partial charge >= 0.3 is 5.97 Å². The van der Waals surface area contributed by atoms with Crippen molar-refractivity contribution < 1.29 is 19.1 Å². The SMILES string of the molecule is O=C(O)c1ccc(N2C(=O)c3[nH]nc(-c4ccccc4)c3[C@H]2c2ccc(F)cc2)cc1. The van der Waals surface area contributed by atoms with E-state index >= 15 is 0 Å². The van der Waals surface area contributed by atoms with E-state index in [1.165, 1.54) is 24.3 Å². The van der Waals surface area contributed by atoms with Crippen molar-refractivity contribution in [1.82, 2.24) is 10.2 Å². The largest absolute Gasteiger partial charge is 0.478 e. The van der Waals surface area contributed by atoms with E-state index in [2.05, 4.69) is 10.2 Å². The van der Waals surface area contributed by atoms with Gasteiger partial charge in [0.1, 0.15) is 11.5 Å². The first kappa shape index (κ1) is 18.7. The molecule has 0 radical (unpaired) electrons. The average molecular weight is 413 g/mol. The Kier molecular flexibility index (Phi) is 4.36. The maximum absolute atomic E-state index is 13.6. The summed E-state index contributed by atoms with van der Waals surface area (Å²) in [6.07, 6.45) is 0. The molecule has 1 atom stereocenters. The Morgan fingerprint density at radius 3 is 2.29 bits per heavy atom. The zero-order chi connectivity index (χ0) is 21.5. The highest BCUT2D eigenvalue weighted by atomic mass is 19.1. The maximum atomic E-state index is 13.6. The normalized spacial score (nSPS) is 15.2. The van der Waals surface area contributed by atoms with Crippen molar-refractivity contribution in [2.45, 2.75) is 6.04 Å². The minimum absolute atomic E-state index is 0.124. The summed E-state index contributed by atoms with van der Waals surface area (Å²) in [5.74, 6) is -1.71. The Labute approximate surface area is 176 Å². The molecule has 0 saturated carbocycles. The van der Waals surface area contributed by atoms with Gasteiger partial charge in [-0.15, -0.1) is 0 Å². The highest BCUT2D eigenvalue weighted by molar-refractivity contribution is 6.11. The first-order chi connectivity index (χ1) is 15.0. The summed E-state index contributed by atoms with van der Waals surface area (Å²) in [6.45, 7) is 0. The number of carboxylic acids is 1. The summed E-state index contributed by atoms with van der Waals surface area (Å²) in [4.78, 5) is 26.2. The van der Waals surface area contributed by atoms with Crippen molar-refractivity contribution in [2.75, 3.05) is 4.90 Å². The number of aromatic amines is 1. The predicted octanol–water partition coefficient (Wildman–Crippen LogP) is 4.66. The third kappa shape index (κ3) is 3.07. The van der Waals surface area contributed by atoms with Gasteiger partial charge < -0.3 is 5.11 Å². The molecule has 152 valence electrons. The van der Waals surface area contributed by atoms with E-state index in [9.17, 15) is 19.1 Å². The molecule has 4 aromatic rings. The number of benzene rings is 3. The van der Waals surface area contributed by atoms with E-state index in [1.54, 1.807) is 29.2 Å². The van der Waals surface area contributed by atoms with Crippen LogP contribution in [0.1, 0.15) is 38.0 Å². The summed E-state index contributed by atoms with van der Waals surface area (Å²) in [5.41, 5.74) is 3.92. The maximum Gasteiger partial charge on any atom is 0.335 e. The quantitative estimate of drug-likeness (QED) is 0.509. The third-order valence-electron chi connectivity index (χ3n) is 5.39. The Morgan fingerprint density at radius 1 is 0.968 bits per heavy atom. The topological polar surface area (TPSA) is 86.3 Å². The lowest BCUT2D eigenvalue weighted by molar-refractivity contribution is 0.0696. The Morgan fingerprint density at radius 2 is 1.65 bits per heavy atom. The van der Waals surface area contributed by atoms with Crippen LogP contribution in [0.5, 0.6) is 0 Å². The molecule has 31 heavy (non-hydrogen) atoms. The van der Waals surface area contributed by atoms with Crippen molar-refractivity contribution in [3.05, 3.63) is 107 Å². The van der Waals surface area contributed by atoms with Gasteiger partial charge in [-0.05, 0) is 42.0 Å². The van der Waals surface area contributed by atoms with Gasteiger partial charge in [-0.25, -0.2) is 9.18 Å². The number of nitrogens with zero attached hydrogens (tertiary/aromatic N) is 2. The number of carbonyl (C=O) groups is 2. The molecule has 7 heteroatoms. The number of aromatic nitrogens is 2. The second-order valence-corrected chi connectivity index (χ2v) is 7.21. The molecule has 2 heterocycles. The number of halogens is 1. The van der Waals surface area contributed by atoms with Crippen molar-refractivity contribution in [3.63, 3.8) is 0 Å². The van der Waals surface area contributed by atoms with E-state index in [4.69, 9.17) is 0 Å². The molecular weight excluding hydrogens is 397 g/mol. The zero-order valence-electron chi connectivity index (χ0n) is 16.1. The second kappa shape index (κ2) is 7.21. The van der Waals surface area contributed by atoms with Gasteiger partial charge in [0, 0.05) is 16.8 Å². The van der Waals surface area contributed by atoms with Gasteiger partial charge in [-0.2, -0.15) is 5.10 Å². The highest BCUT2D eigenvalue weighted by Gasteiger charge is 2.43. The highest BCUT2D eigenvalue weighted by Crippen LogP contribution is 2.44. The molecule has 0 bridgehead atoms. The van der Waals surface area contributed by atoms with Crippen LogP contribution in [0.4, 0.5) is 10.1 Å². The number of hydrogen-bond donors (Lipinski definition) is 2. The fourth-order valence-corrected chi connectivity index (χ4v) is 3.95.